The Morgan fingerprint density at radius 1 is 0.812 bits per heavy atom. The van der Waals surface area contributed by atoms with Gasteiger partial charge >= 0.3 is 6.01 Å². The molecule has 10 nitrogen and oxygen atoms in total. The third kappa shape index (κ3) is 4.49. The van der Waals surface area contributed by atoms with Crippen molar-refractivity contribution in [1.29, 1.82) is 0 Å². The lowest BCUT2D eigenvalue weighted by Gasteiger charge is -2.10. The van der Waals surface area contributed by atoms with Crippen molar-refractivity contribution in [2.24, 2.45) is 0 Å². The molecule has 0 spiro atoms. The number of nitrogens with zero attached hydrogens (tertiary/aromatic N) is 3. The molecule has 2 N–H and O–H groups in total. The molecular formula is C22H15N5O5. The average Bonchev–Trinajstić information content (AvgIpc) is 3.28. The van der Waals surface area contributed by atoms with E-state index >= 15 is 0 Å². The van der Waals surface area contributed by atoms with Crippen LogP contribution in [0.2, 0.25) is 0 Å². The Morgan fingerprint density at radius 3 is 2.22 bits per heavy atom. The van der Waals surface area contributed by atoms with Crippen molar-refractivity contribution in [3.05, 3.63) is 100 Å². The number of aromatic nitrogens is 2. The zero-order valence-electron chi connectivity index (χ0n) is 16.4. The maximum Gasteiger partial charge on any atom is 0.322 e. The molecule has 2 amide bonds. The summed E-state index contributed by atoms with van der Waals surface area (Å²) in [5, 5.41) is 23.7. The normalized spacial score (nSPS) is 10.4. The minimum atomic E-state index is -0.562. The van der Waals surface area contributed by atoms with Gasteiger partial charge in [0.15, 0.2) is 0 Å². The third-order valence-corrected chi connectivity index (χ3v) is 4.43. The van der Waals surface area contributed by atoms with Crippen LogP contribution >= 0.6 is 0 Å². The van der Waals surface area contributed by atoms with Gasteiger partial charge in [0.2, 0.25) is 5.89 Å². The molecule has 10 heteroatoms. The standard InChI is InChI=1S/C22H15N5O5/c28-19(14-10-12-16(13-11-14)27(30)31)23-18-9-5-4-8-17(18)20(29)24-22-26-25-21(32-22)15-6-2-1-3-7-15/h1-13H,(H,23,28)(H,24,26,29). The van der Waals surface area contributed by atoms with Crippen LogP contribution in [0.4, 0.5) is 17.4 Å². The van der Waals surface area contributed by atoms with Crippen LogP contribution in [0.1, 0.15) is 20.7 Å². The largest absolute Gasteiger partial charge is 0.403 e. The zero-order valence-corrected chi connectivity index (χ0v) is 16.4. The van der Waals surface area contributed by atoms with Crippen LogP contribution in [0.15, 0.2) is 83.3 Å². The Labute approximate surface area is 181 Å². The maximum atomic E-state index is 12.8. The fourth-order valence-corrected chi connectivity index (χ4v) is 2.85. The van der Waals surface area contributed by atoms with Crippen LogP contribution in [0.5, 0.6) is 0 Å². The molecule has 0 aliphatic heterocycles. The Morgan fingerprint density at radius 2 is 1.50 bits per heavy atom. The van der Waals surface area contributed by atoms with E-state index < -0.39 is 16.7 Å². The van der Waals surface area contributed by atoms with Crippen LogP contribution in [0.25, 0.3) is 11.5 Å². The predicted molar refractivity (Wildman–Crippen MR) is 115 cm³/mol. The van der Waals surface area contributed by atoms with Crippen molar-refractivity contribution in [3.63, 3.8) is 0 Å². The van der Waals surface area contributed by atoms with Crippen LogP contribution < -0.4 is 10.6 Å². The monoisotopic (exact) mass is 429 g/mol. The molecule has 1 heterocycles. The highest BCUT2D eigenvalue weighted by Gasteiger charge is 2.17. The highest BCUT2D eigenvalue weighted by Crippen LogP contribution is 2.22. The van der Waals surface area contributed by atoms with Gasteiger partial charge in [-0.1, -0.05) is 35.4 Å². The van der Waals surface area contributed by atoms with E-state index in [4.69, 9.17) is 4.42 Å². The number of carbonyl (C=O) groups is 2. The van der Waals surface area contributed by atoms with E-state index in [0.717, 1.165) is 0 Å². The third-order valence-electron chi connectivity index (χ3n) is 4.43. The first-order valence-corrected chi connectivity index (χ1v) is 9.36. The summed E-state index contributed by atoms with van der Waals surface area (Å²) in [6, 6.07) is 20.5. The van der Waals surface area contributed by atoms with E-state index in [9.17, 15) is 19.7 Å². The van der Waals surface area contributed by atoms with Crippen molar-refractivity contribution in [3.8, 4) is 11.5 Å². The van der Waals surface area contributed by atoms with Gasteiger partial charge in [0.25, 0.3) is 17.5 Å². The SMILES string of the molecule is O=C(Nc1ccccc1C(=O)Nc1nnc(-c2ccccc2)o1)c1ccc([N+](=O)[O-])cc1. The van der Waals surface area contributed by atoms with Crippen LogP contribution in [-0.4, -0.2) is 26.9 Å². The van der Waals surface area contributed by atoms with Gasteiger partial charge in [0, 0.05) is 23.3 Å². The van der Waals surface area contributed by atoms with Crippen molar-refractivity contribution >= 4 is 29.2 Å². The van der Waals surface area contributed by atoms with Crippen molar-refractivity contribution in [1.82, 2.24) is 10.2 Å². The summed E-state index contributed by atoms with van der Waals surface area (Å²) in [7, 11) is 0. The van der Waals surface area contributed by atoms with E-state index in [1.54, 1.807) is 30.3 Å². The van der Waals surface area contributed by atoms with Gasteiger partial charge in [-0.3, -0.25) is 25.0 Å². The van der Waals surface area contributed by atoms with Crippen LogP contribution in [-0.2, 0) is 0 Å². The highest BCUT2D eigenvalue weighted by molar-refractivity contribution is 6.12. The lowest BCUT2D eigenvalue weighted by atomic mass is 10.1. The Bertz CT molecular complexity index is 1290. The summed E-state index contributed by atoms with van der Waals surface area (Å²) in [5.41, 5.74) is 1.20. The number of carbonyl (C=O) groups excluding carboxylic acids is 2. The van der Waals surface area contributed by atoms with Gasteiger partial charge in [0.05, 0.1) is 16.2 Å². The summed E-state index contributed by atoms with van der Waals surface area (Å²) in [6.07, 6.45) is 0. The molecule has 32 heavy (non-hydrogen) atoms. The number of nitrogens with one attached hydrogen (secondary N) is 2. The second-order valence-electron chi connectivity index (χ2n) is 6.54. The quantitative estimate of drug-likeness (QED) is 0.346. The van der Waals surface area contributed by atoms with Crippen LogP contribution in [0.3, 0.4) is 0 Å². The average molecular weight is 429 g/mol. The van der Waals surface area contributed by atoms with E-state index in [1.165, 1.54) is 30.3 Å². The molecule has 0 aliphatic rings. The lowest BCUT2D eigenvalue weighted by Crippen LogP contribution is -2.18. The van der Waals surface area contributed by atoms with E-state index in [-0.39, 0.29) is 34.4 Å². The first kappa shape index (κ1) is 20.4. The molecule has 0 unspecified atom stereocenters. The second kappa shape index (κ2) is 8.88. The number of nitro groups is 1. The Balaban J connectivity index is 1.49. The summed E-state index contributed by atoms with van der Waals surface area (Å²) >= 11 is 0. The van der Waals surface area contributed by atoms with Gasteiger partial charge in [-0.2, -0.15) is 0 Å². The number of anilines is 2. The number of benzene rings is 3. The fraction of sp³-hybridized carbons (Fsp3) is 0. The fourth-order valence-electron chi connectivity index (χ4n) is 2.85. The van der Waals surface area contributed by atoms with E-state index in [0.29, 0.717) is 5.56 Å². The van der Waals surface area contributed by atoms with Crippen molar-refractivity contribution in [2.75, 3.05) is 10.6 Å². The smallest absolute Gasteiger partial charge is 0.322 e. The number of nitro benzene ring substituents is 1. The first-order valence-electron chi connectivity index (χ1n) is 9.36. The van der Waals surface area contributed by atoms with E-state index in [2.05, 4.69) is 20.8 Å². The minimum Gasteiger partial charge on any atom is -0.403 e. The molecule has 0 bridgehead atoms. The summed E-state index contributed by atoms with van der Waals surface area (Å²) < 4.78 is 5.49. The molecule has 0 aliphatic carbocycles. The molecule has 0 radical (unpaired) electrons. The predicted octanol–water partition coefficient (Wildman–Crippen LogP) is 4.15. The molecule has 0 saturated carbocycles. The van der Waals surface area contributed by atoms with Crippen molar-refractivity contribution in [2.45, 2.75) is 0 Å². The number of non-ortho nitro benzene ring substituents is 1. The maximum absolute atomic E-state index is 12.8. The highest BCUT2D eigenvalue weighted by atomic mass is 16.6. The Hall–Kier alpha value is -4.86. The molecule has 0 fully saturated rings. The molecular weight excluding hydrogens is 414 g/mol. The molecule has 3 aromatic carbocycles. The first-order chi connectivity index (χ1) is 15.5. The number of amides is 2. The second-order valence-corrected chi connectivity index (χ2v) is 6.54. The van der Waals surface area contributed by atoms with E-state index in [1.807, 2.05) is 18.2 Å². The molecule has 0 atom stereocenters. The number of para-hydroxylation sites is 1. The molecule has 1 aromatic heterocycles. The topological polar surface area (TPSA) is 140 Å². The van der Waals surface area contributed by atoms with Gasteiger partial charge in [-0.05, 0) is 36.4 Å². The van der Waals surface area contributed by atoms with Gasteiger partial charge in [-0.15, -0.1) is 5.10 Å². The summed E-state index contributed by atoms with van der Waals surface area (Å²) in [4.78, 5) is 35.5. The van der Waals surface area contributed by atoms with Gasteiger partial charge in [0.1, 0.15) is 0 Å². The number of rotatable bonds is 6. The van der Waals surface area contributed by atoms with Crippen LogP contribution in [0, 0.1) is 10.1 Å². The molecule has 0 saturated heterocycles. The molecule has 158 valence electrons. The van der Waals surface area contributed by atoms with Gasteiger partial charge in [-0.25, -0.2) is 0 Å². The summed E-state index contributed by atoms with van der Waals surface area (Å²) in [6.45, 7) is 0. The Kier molecular flexibility index (Phi) is 5.66. The number of hydrogen-bond donors (Lipinski definition) is 2. The summed E-state index contributed by atoms with van der Waals surface area (Å²) in [5.74, 6) is -0.835. The lowest BCUT2D eigenvalue weighted by molar-refractivity contribution is -0.384. The minimum absolute atomic E-state index is 0.0923. The zero-order chi connectivity index (χ0) is 22.5. The molecule has 4 aromatic rings. The molecule has 4 rings (SSSR count). The van der Waals surface area contributed by atoms with Crippen molar-refractivity contribution < 1.29 is 18.9 Å². The number of hydrogen-bond acceptors (Lipinski definition) is 7. The van der Waals surface area contributed by atoms with Gasteiger partial charge < -0.3 is 9.73 Å².